The Morgan fingerprint density at radius 2 is 2.15 bits per heavy atom. The van der Waals surface area contributed by atoms with Crippen LogP contribution in [0.4, 0.5) is 0 Å². The molecular formula is C9H9NOS2. The van der Waals surface area contributed by atoms with Crippen molar-refractivity contribution in [3.05, 3.63) is 24.3 Å². The van der Waals surface area contributed by atoms with Gasteiger partial charge in [0.2, 0.25) is 0 Å². The van der Waals surface area contributed by atoms with Crippen LogP contribution in [0.3, 0.4) is 0 Å². The Morgan fingerprint density at radius 1 is 1.38 bits per heavy atom. The van der Waals surface area contributed by atoms with Crippen molar-refractivity contribution in [2.75, 3.05) is 0 Å². The predicted octanol–water partition coefficient (Wildman–Crippen LogP) is 2.70. The summed E-state index contributed by atoms with van der Waals surface area (Å²) in [6.45, 7) is 0. The molecular weight excluding hydrogens is 202 g/mol. The van der Waals surface area contributed by atoms with Crippen molar-refractivity contribution in [1.82, 2.24) is 0 Å². The summed E-state index contributed by atoms with van der Waals surface area (Å²) in [6.07, 6.45) is 2.16. The molecule has 0 radical (unpaired) electrons. The predicted molar refractivity (Wildman–Crippen MR) is 54.2 cm³/mol. The lowest BCUT2D eigenvalue weighted by Crippen LogP contribution is -2.03. The molecule has 1 unspecified atom stereocenters. The Kier molecular flexibility index (Phi) is 1.52. The van der Waals surface area contributed by atoms with Crippen LogP contribution in [-0.4, -0.2) is 9.46 Å². The van der Waals surface area contributed by atoms with Crippen molar-refractivity contribution in [3.63, 3.8) is 0 Å². The molecule has 68 valence electrons. The first-order chi connectivity index (χ1) is 6.31. The van der Waals surface area contributed by atoms with Gasteiger partial charge in [0, 0.05) is 22.1 Å². The van der Waals surface area contributed by atoms with Gasteiger partial charge in [-0.3, -0.25) is 0 Å². The van der Waals surface area contributed by atoms with Gasteiger partial charge in [-0.05, 0) is 25.0 Å². The van der Waals surface area contributed by atoms with E-state index in [4.69, 9.17) is 0 Å². The van der Waals surface area contributed by atoms with Crippen LogP contribution in [-0.2, 0) is 9.73 Å². The summed E-state index contributed by atoms with van der Waals surface area (Å²) in [5, 5.41) is 0.337. The standard InChI is InChI=1S/C9H9NOS2/c11-13(7-5-6-7)9-4-2-1-3-8(9)12-10-13/h1-4,7H,5-6H2. The molecule has 4 heteroatoms. The number of nitrogens with zero attached hydrogens (tertiary/aromatic N) is 1. The van der Waals surface area contributed by atoms with E-state index >= 15 is 0 Å². The van der Waals surface area contributed by atoms with Crippen molar-refractivity contribution in [2.45, 2.75) is 27.9 Å². The first kappa shape index (κ1) is 7.88. The molecule has 0 spiro atoms. The maximum absolute atomic E-state index is 12.4. The Labute approximate surface area is 82.1 Å². The summed E-state index contributed by atoms with van der Waals surface area (Å²) < 4.78 is 16.6. The molecule has 1 aliphatic heterocycles. The van der Waals surface area contributed by atoms with Crippen LogP contribution in [0.1, 0.15) is 12.8 Å². The topological polar surface area (TPSA) is 29.4 Å². The van der Waals surface area contributed by atoms with Gasteiger partial charge in [0.05, 0.1) is 14.6 Å². The summed E-state index contributed by atoms with van der Waals surface area (Å²) in [6, 6.07) is 7.87. The van der Waals surface area contributed by atoms with Gasteiger partial charge in [-0.15, -0.1) is 0 Å². The number of rotatable bonds is 1. The minimum Gasteiger partial charge on any atom is -0.244 e. The maximum Gasteiger partial charge on any atom is 0.0905 e. The zero-order valence-corrected chi connectivity index (χ0v) is 8.61. The number of hydrogen-bond acceptors (Lipinski definition) is 3. The largest absolute Gasteiger partial charge is 0.244 e. The summed E-state index contributed by atoms with van der Waals surface area (Å²) in [7, 11) is -2.03. The van der Waals surface area contributed by atoms with Gasteiger partial charge >= 0.3 is 0 Å². The molecule has 1 aliphatic carbocycles. The Hall–Kier alpha value is -0.480. The van der Waals surface area contributed by atoms with Crippen LogP contribution in [0.25, 0.3) is 0 Å². The van der Waals surface area contributed by atoms with Crippen molar-refractivity contribution in [1.29, 1.82) is 0 Å². The lowest BCUT2D eigenvalue weighted by atomic mass is 10.4. The number of benzene rings is 1. The molecule has 0 aromatic heterocycles. The second-order valence-corrected chi connectivity index (χ2v) is 6.84. The third kappa shape index (κ3) is 1.05. The molecule has 0 saturated heterocycles. The minimum absolute atomic E-state index is 0.337. The van der Waals surface area contributed by atoms with Crippen LogP contribution in [0.15, 0.2) is 37.8 Å². The van der Waals surface area contributed by atoms with E-state index in [2.05, 4.69) is 3.77 Å². The van der Waals surface area contributed by atoms with Crippen molar-refractivity contribution in [2.24, 2.45) is 3.77 Å². The monoisotopic (exact) mass is 211 g/mol. The van der Waals surface area contributed by atoms with Gasteiger partial charge in [-0.25, -0.2) is 4.21 Å². The van der Waals surface area contributed by atoms with E-state index in [9.17, 15) is 4.21 Å². The van der Waals surface area contributed by atoms with Crippen LogP contribution in [0.2, 0.25) is 0 Å². The molecule has 2 aliphatic rings. The zero-order chi connectivity index (χ0) is 8.89. The van der Waals surface area contributed by atoms with Crippen LogP contribution < -0.4 is 0 Å². The highest BCUT2D eigenvalue weighted by molar-refractivity contribution is 8.10. The quantitative estimate of drug-likeness (QED) is 0.668. The molecule has 1 atom stereocenters. The van der Waals surface area contributed by atoms with Crippen LogP contribution >= 0.6 is 11.9 Å². The van der Waals surface area contributed by atoms with E-state index in [1.165, 1.54) is 11.9 Å². The fourth-order valence-electron chi connectivity index (χ4n) is 1.53. The van der Waals surface area contributed by atoms with Gasteiger partial charge in [0.15, 0.2) is 0 Å². The average molecular weight is 211 g/mol. The molecule has 2 nitrogen and oxygen atoms in total. The van der Waals surface area contributed by atoms with Crippen LogP contribution in [0, 0.1) is 0 Å². The Bertz CT molecular complexity index is 470. The molecule has 1 heterocycles. The van der Waals surface area contributed by atoms with E-state index < -0.39 is 9.73 Å². The number of fused-ring (bicyclic) bond motifs is 1. The molecule has 1 fully saturated rings. The molecule has 0 N–H and O–H groups in total. The van der Waals surface area contributed by atoms with Gasteiger partial charge in [0.1, 0.15) is 0 Å². The van der Waals surface area contributed by atoms with Gasteiger partial charge in [0.25, 0.3) is 0 Å². The lowest BCUT2D eigenvalue weighted by molar-refractivity contribution is 0.676. The zero-order valence-electron chi connectivity index (χ0n) is 6.97. The molecule has 1 aromatic rings. The summed E-state index contributed by atoms with van der Waals surface area (Å²) >= 11 is 1.39. The van der Waals surface area contributed by atoms with E-state index in [0.29, 0.717) is 5.25 Å². The summed E-state index contributed by atoms with van der Waals surface area (Å²) in [4.78, 5) is 2.06. The van der Waals surface area contributed by atoms with Crippen molar-refractivity contribution < 1.29 is 4.21 Å². The number of hydrogen-bond donors (Lipinski definition) is 0. The fraction of sp³-hybridized carbons (Fsp3) is 0.333. The second kappa shape index (κ2) is 2.51. The Balaban J connectivity index is 2.24. The first-order valence-corrected chi connectivity index (χ1v) is 6.67. The van der Waals surface area contributed by atoms with E-state index in [1.54, 1.807) is 0 Å². The fourth-order valence-corrected chi connectivity index (χ4v) is 5.63. The minimum atomic E-state index is -2.03. The molecule has 13 heavy (non-hydrogen) atoms. The normalized spacial score (nSPS) is 31.1. The molecule has 1 saturated carbocycles. The van der Waals surface area contributed by atoms with Gasteiger partial charge in [-0.1, -0.05) is 12.1 Å². The second-order valence-electron chi connectivity index (χ2n) is 3.38. The van der Waals surface area contributed by atoms with Crippen LogP contribution in [0.5, 0.6) is 0 Å². The highest BCUT2D eigenvalue weighted by atomic mass is 32.2. The summed E-state index contributed by atoms with van der Waals surface area (Å²) in [5.74, 6) is 0. The molecule has 3 rings (SSSR count). The van der Waals surface area contributed by atoms with E-state index in [1.807, 2.05) is 24.3 Å². The third-order valence-electron chi connectivity index (χ3n) is 2.39. The first-order valence-electron chi connectivity index (χ1n) is 4.32. The highest BCUT2D eigenvalue weighted by Crippen LogP contribution is 2.45. The molecule has 0 bridgehead atoms. The van der Waals surface area contributed by atoms with Gasteiger partial charge in [-0.2, -0.15) is 3.77 Å². The highest BCUT2D eigenvalue weighted by Gasteiger charge is 2.38. The smallest absolute Gasteiger partial charge is 0.0905 e. The lowest BCUT2D eigenvalue weighted by Gasteiger charge is -2.02. The molecule has 0 amide bonds. The SMILES string of the molecule is O=S1(C2CC2)=NSc2ccccc21. The molecule has 1 aromatic carbocycles. The maximum atomic E-state index is 12.4. The van der Waals surface area contributed by atoms with Gasteiger partial charge < -0.3 is 0 Å². The van der Waals surface area contributed by atoms with Crippen molar-refractivity contribution in [3.8, 4) is 0 Å². The summed E-state index contributed by atoms with van der Waals surface area (Å²) in [5.41, 5.74) is 0. The van der Waals surface area contributed by atoms with E-state index in [-0.39, 0.29) is 0 Å². The average Bonchev–Trinajstić information content (AvgIpc) is 2.95. The Morgan fingerprint density at radius 3 is 2.92 bits per heavy atom. The van der Waals surface area contributed by atoms with E-state index in [0.717, 1.165) is 22.6 Å². The third-order valence-corrected chi connectivity index (χ3v) is 6.61. The van der Waals surface area contributed by atoms with Crippen molar-refractivity contribution >= 4 is 21.7 Å².